The molecule has 0 aliphatic heterocycles. The van der Waals surface area contributed by atoms with E-state index in [-0.39, 0.29) is 17.7 Å². The molecule has 0 fully saturated rings. The van der Waals surface area contributed by atoms with Crippen molar-refractivity contribution in [3.05, 3.63) is 53.0 Å². The molecule has 1 unspecified atom stereocenters. The van der Waals surface area contributed by atoms with Gasteiger partial charge in [0.15, 0.2) is 0 Å². The molecule has 3 rings (SSSR count). The van der Waals surface area contributed by atoms with Gasteiger partial charge in [-0.25, -0.2) is 0 Å². The Morgan fingerprint density at radius 3 is 3.05 bits per heavy atom. The summed E-state index contributed by atoms with van der Waals surface area (Å²) in [6.07, 6.45) is 4.47. The summed E-state index contributed by atoms with van der Waals surface area (Å²) < 4.78 is 5.41. The number of hydrogen-bond donors (Lipinski definition) is 2. The highest BCUT2D eigenvalue weighted by atomic mass is 16.3. The molecule has 1 amide bonds. The molecule has 0 bridgehead atoms. The lowest BCUT2D eigenvalue weighted by Crippen LogP contribution is -2.30. The van der Waals surface area contributed by atoms with Crippen LogP contribution in [0, 0.1) is 6.92 Å². The molecule has 1 atom stereocenters. The first-order valence-electron chi connectivity index (χ1n) is 6.82. The molecule has 1 aliphatic carbocycles. The molecular weight excluding hydrogens is 254 g/mol. The van der Waals surface area contributed by atoms with Crippen LogP contribution in [0.15, 0.2) is 34.9 Å². The average molecular weight is 271 g/mol. The second-order valence-corrected chi connectivity index (χ2v) is 5.24. The number of amides is 1. The number of aromatic hydroxyl groups is 1. The quantitative estimate of drug-likeness (QED) is 0.882. The van der Waals surface area contributed by atoms with Gasteiger partial charge in [0.1, 0.15) is 11.5 Å². The van der Waals surface area contributed by atoms with Crippen LogP contribution in [0.25, 0.3) is 0 Å². The summed E-state index contributed by atoms with van der Waals surface area (Å²) in [6.45, 7) is 1.88. The van der Waals surface area contributed by atoms with Crippen LogP contribution in [0.1, 0.15) is 46.1 Å². The highest BCUT2D eigenvalue weighted by Crippen LogP contribution is 2.31. The van der Waals surface area contributed by atoms with Crippen LogP contribution in [-0.2, 0) is 6.42 Å². The lowest BCUT2D eigenvalue weighted by Gasteiger charge is -2.23. The molecule has 4 nitrogen and oxygen atoms in total. The minimum atomic E-state index is -0.249. The monoisotopic (exact) mass is 271 g/mol. The van der Waals surface area contributed by atoms with Crippen LogP contribution in [0.4, 0.5) is 0 Å². The van der Waals surface area contributed by atoms with Gasteiger partial charge in [-0.05, 0) is 43.5 Å². The number of rotatable bonds is 2. The van der Waals surface area contributed by atoms with Gasteiger partial charge < -0.3 is 14.8 Å². The second-order valence-electron chi connectivity index (χ2n) is 5.24. The van der Waals surface area contributed by atoms with Crippen LogP contribution in [0.5, 0.6) is 5.75 Å². The minimum Gasteiger partial charge on any atom is -0.507 e. The van der Waals surface area contributed by atoms with Crippen molar-refractivity contribution in [3.8, 4) is 5.75 Å². The van der Waals surface area contributed by atoms with Crippen molar-refractivity contribution < 1.29 is 14.3 Å². The van der Waals surface area contributed by atoms with Gasteiger partial charge in [-0.2, -0.15) is 0 Å². The maximum absolute atomic E-state index is 12.3. The van der Waals surface area contributed by atoms with Crippen LogP contribution in [-0.4, -0.2) is 11.0 Å². The maximum atomic E-state index is 12.3. The second kappa shape index (κ2) is 5.04. The van der Waals surface area contributed by atoms with Crippen molar-refractivity contribution in [2.24, 2.45) is 0 Å². The van der Waals surface area contributed by atoms with Crippen molar-refractivity contribution in [1.29, 1.82) is 0 Å². The summed E-state index contributed by atoms with van der Waals surface area (Å²) in [4.78, 5) is 12.3. The molecule has 1 aromatic heterocycles. The van der Waals surface area contributed by atoms with Crippen molar-refractivity contribution in [3.63, 3.8) is 0 Å². The lowest BCUT2D eigenvalue weighted by molar-refractivity contribution is 0.0929. The average Bonchev–Trinajstić information content (AvgIpc) is 2.87. The molecule has 0 spiro atoms. The Morgan fingerprint density at radius 1 is 1.40 bits per heavy atom. The molecular formula is C16H17NO3. The van der Waals surface area contributed by atoms with Gasteiger partial charge in [0.05, 0.1) is 17.9 Å². The van der Waals surface area contributed by atoms with Crippen molar-refractivity contribution in [2.45, 2.75) is 32.2 Å². The molecule has 104 valence electrons. The Morgan fingerprint density at radius 2 is 2.25 bits per heavy atom. The summed E-state index contributed by atoms with van der Waals surface area (Å²) in [5, 5.41) is 12.8. The zero-order chi connectivity index (χ0) is 14.1. The fourth-order valence-electron chi connectivity index (χ4n) is 2.71. The van der Waals surface area contributed by atoms with Crippen LogP contribution in [0.3, 0.4) is 0 Å². The molecule has 0 radical (unpaired) electrons. The molecule has 20 heavy (non-hydrogen) atoms. The van der Waals surface area contributed by atoms with Crippen molar-refractivity contribution in [1.82, 2.24) is 5.32 Å². The zero-order valence-electron chi connectivity index (χ0n) is 11.3. The third-order valence-electron chi connectivity index (χ3n) is 3.76. The van der Waals surface area contributed by atoms with Gasteiger partial charge in [-0.15, -0.1) is 0 Å². The number of aryl methyl sites for hydroxylation is 2. The Hall–Kier alpha value is -2.23. The number of fused-ring (bicyclic) bond motifs is 1. The standard InChI is InChI=1S/C16H17NO3/c1-10-5-6-12(14(18)9-10)16(19)17-13-3-2-4-15-11(13)7-8-20-15/h5-9,13,18H,2-4H2,1H3,(H,17,19). The SMILES string of the molecule is Cc1ccc(C(=O)NC2CCCc3occc32)c(O)c1. The van der Waals surface area contributed by atoms with E-state index in [1.54, 1.807) is 18.4 Å². The molecule has 1 heterocycles. The summed E-state index contributed by atoms with van der Waals surface area (Å²) in [6, 6.07) is 6.94. The Balaban J connectivity index is 1.81. The summed E-state index contributed by atoms with van der Waals surface area (Å²) in [7, 11) is 0. The van der Waals surface area contributed by atoms with E-state index in [9.17, 15) is 9.90 Å². The Kier molecular flexibility index (Phi) is 3.22. The third-order valence-corrected chi connectivity index (χ3v) is 3.76. The number of carbonyl (C=O) groups is 1. The molecule has 1 aliphatic rings. The number of phenolic OH excluding ortho intramolecular Hbond substituents is 1. The lowest BCUT2D eigenvalue weighted by atomic mass is 9.93. The molecule has 1 aromatic carbocycles. The number of carbonyl (C=O) groups excluding carboxylic acids is 1. The maximum Gasteiger partial charge on any atom is 0.255 e. The molecule has 4 heteroatoms. The van der Waals surface area contributed by atoms with E-state index in [4.69, 9.17) is 4.42 Å². The first kappa shape index (κ1) is 12.8. The van der Waals surface area contributed by atoms with E-state index in [1.165, 1.54) is 0 Å². The van der Waals surface area contributed by atoms with Crippen LogP contribution >= 0.6 is 0 Å². The molecule has 0 saturated carbocycles. The normalized spacial score (nSPS) is 17.6. The van der Waals surface area contributed by atoms with Gasteiger partial charge >= 0.3 is 0 Å². The Labute approximate surface area is 117 Å². The zero-order valence-corrected chi connectivity index (χ0v) is 11.3. The number of hydrogen-bond acceptors (Lipinski definition) is 3. The van der Waals surface area contributed by atoms with Crippen LogP contribution in [0.2, 0.25) is 0 Å². The Bertz CT molecular complexity index is 645. The van der Waals surface area contributed by atoms with E-state index in [2.05, 4.69) is 5.32 Å². The predicted molar refractivity (Wildman–Crippen MR) is 74.7 cm³/mol. The number of furan rings is 1. The van der Waals surface area contributed by atoms with E-state index in [0.29, 0.717) is 5.56 Å². The number of nitrogens with one attached hydrogen (secondary N) is 1. The van der Waals surface area contributed by atoms with Gasteiger partial charge in [0.2, 0.25) is 0 Å². The smallest absolute Gasteiger partial charge is 0.255 e. The first-order chi connectivity index (χ1) is 9.65. The van der Waals surface area contributed by atoms with Gasteiger partial charge in [-0.3, -0.25) is 4.79 Å². The minimum absolute atomic E-state index is 0.0192. The summed E-state index contributed by atoms with van der Waals surface area (Å²) in [5.74, 6) is 0.724. The highest BCUT2D eigenvalue weighted by molar-refractivity contribution is 5.97. The van der Waals surface area contributed by atoms with Gasteiger partial charge in [-0.1, -0.05) is 6.07 Å². The number of phenols is 1. The van der Waals surface area contributed by atoms with Crippen LogP contribution < -0.4 is 5.32 Å². The fourth-order valence-corrected chi connectivity index (χ4v) is 2.71. The van der Waals surface area contributed by atoms with Gasteiger partial charge in [0, 0.05) is 12.0 Å². The van der Waals surface area contributed by atoms with Crippen molar-refractivity contribution >= 4 is 5.91 Å². The largest absolute Gasteiger partial charge is 0.507 e. The molecule has 2 N–H and O–H groups in total. The summed E-state index contributed by atoms with van der Waals surface area (Å²) in [5.41, 5.74) is 2.29. The van der Waals surface area contributed by atoms with E-state index in [0.717, 1.165) is 36.1 Å². The first-order valence-corrected chi connectivity index (χ1v) is 6.82. The molecule has 0 saturated heterocycles. The molecule has 2 aromatic rings. The van der Waals surface area contributed by atoms with Gasteiger partial charge in [0.25, 0.3) is 5.91 Å². The van der Waals surface area contributed by atoms with E-state index in [1.807, 2.05) is 19.1 Å². The predicted octanol–water partition coefficient (Wildman–Crippen LogP) is 3.10. The third kappa shape index (κ3) is 2.29. The summed E-state index contributed by atoms with van der Waals surface area (Å²) >= 11 is 0. The number of benzene rings is 1. The highest BCUT2D eigenvalue weighted by Gasteiger charge is 2.25. The van der Waals surface area contributed by atoms with E-state index >= 15 is 0 Å². The van der Waals surface area contributed by atoms with E-state index < -0.39 is 0 Å². The van der Waals surface area contributed by atoms with Crippen molar-refractivity contribution in [2.75, 3.05) is 0 Å². The fraction of sp³-hybridized carbons (Fsp3) is 0.312. The topological polar surface area (TPSA) is 62.5 Å².